The Morgan fingerprint density at radius 3 is 2.53 bits per heavy atom. The zero-order valence-corrected chi connectivity index (χ0v) is 16.6. The number of anilines is 1. The number of carbonyl (C=O) groups is 3. The van der Waals surface area contributed by atoms with Gasteiger partial charge in [-0.3, -0.25) is 19.8 Å². The predicted molar refractivity (Wildman–Crippen MR) is 113 cm³/mol. The lowest BCUT2D eigenvalue weighted by atomic mass is 10.1. The molecule has 30 heavy (non-hydrogen) atoms. The Balaban J connectivity index is 1.30. The second-order valence-corrected chi connectivity index (χ2v) is 7.23. The second-order valence-electron chi connectivity index (χ2n) is 6.79. The van der Waals surface area contributed by atoms with Crippen LogP contribution >= 0.6 is 11.6 Å². The van der Waals surface area contributed by atoms with Crippen LogP contribution in [0.3, 0.4) is 0 Å². The number of fused-ring (bicyclic) bond motifs is 1. The minimum absolute atomic E-state index is 0.0622. The van der Waals surface area contributed by atoms with Gasteiger partial charge in [0.1, 0.15) is 11.8 Å². The van der Waals surface area contributed by atoms with Crippen molar-refractivity contribution in [2.24, 2.45) is 0 Å². The molecule has 3 aromatic rings. The van der Waals surface area contributed by atoms with Gasteiger partial charge in [0.15, 0.2) is 6.61 Å². The van der Waals surface area contributed by atoms with Gasteiger partial charge >= 0.3 is 0 Å². The van der Waals surface area contributed by atoms with Crippen molar-refractivity contribution in [2.45, 2.75) is 12.5 Å². The molecule has 0 bridgehead atoms. The van der Waals surface area contributed by atoms with E-state index >= 15 is 0 Å². The number of hydrogen-bond acceptors (Lipinski definition) is 5. The molecule has 0 saturated carbocycles. The summed E-state index contributed by atoms with van der Waals surface area (Å²) in [6.07, 6.45) is -0.0622. The largest absolute Gasteiger partial charge is 0.484 e. The average Bonchev–Trinajstić information content (AvgIpc) is 3.04. The monoisotopic (exact) mass is 423 g/mol. The van der Waals surface area contributed by atoms with Gasteiger partial charge in [0.2, 0.25) is 5.91 Å². The molecule has 3 amide bonds. The third-order valence-corrected chi connectivity index (χ3v) is 4.96. The molecule has 0 radical (unpaired) electrons. The third-order valence-electron chi connectivity index (χ3n) is 4.71. The molecule has 1 atom stereocenters. The molecule has 1 fully saturated rings. The van der Waals surface area contributed by atoms with Gasteiger partial charge in [-0.25, -0.2) is 10.3 Å². The molecule has 0 aliphatic carbocycles. The van der Waals surface area contributed by atoms with Gasteiger partial charge in [-0.15, -0.1) is 0 Å². The molecular weight excluding hydrogens is 406 g/mol. The van der Waals surface area contributed by atoms with Gasteiger partial charge in [-0.2, -0.15) is 0 Å². The summed E-state index contributed by atoms with van der Waals surface area (Å²) in [4.78, 5) is 37.9. The lowest BCUT2D eigenvalue weighted by molar-refractivity contribution is -0.125. The summed E-state index contributed by atoms with van der Waals surface area (Å²) >= 11 is 5.85. The summed E-state index contributed by atoms with van der Waals surface area (Å²) in [5.74, 6) is -0.710. The number of benzene rings is 3. The molecule has 1 aliphatic rings. The van der Waals surface area contributed by atoms with E-state index in [0.717, 1.165) is 15.7 Å². The Morgan fingerprint density at radius 1 is 1.03 bits per heavy atom. The number of ether oxygens (including phenoxy) is 1. The molecule has 2 N–H and O–H groups in total. The number of carbonyl (C=O) groups excluding carboxylic acids is 3. The van der Waals surface area contributed by atoms with E-state index in [9.17, 15) is 14.4 Å². The number of halogens is 1. The molecule has 1 unspecified atom stereocenters. The summed E-state index contributed by atoms with van der Waals surface area (Å²) in [5, 5.41) is 2.59. The Morgan fingerprint density at radius 2 is 1.77 bits per heavy atom. The van der Waals surface area contributed by atoms with Crippen LogP contribution < -0.4 is 20.5 Å². The minimum atomic E-state index is -0.849. The van der Waals surface area contributed by atoms with Crippen molar-refractivity contribution in [1.29, 1.82) is 0 Å². The zero-order valence-electron chi connectivity index (χ0n) is 15.8. The first-order chi connectivity index (χ1) is 14.5. The molecule has 1 heterocycles. The maximum absolute atomic E-state index is 12.5. The van der Waals surface area contributed by atoms with Gasteiger partial charge in [0.25, 0.3) is 11.8 Å². The van der Waals surface area contributed by atoms with Crippen molar-refractivity contribution in [3.63, 3.8) is 0 Å². The number of hydrogen-bond donors (Lipinski definition) is 2. The number of rotatable bonds is 6. The predicted octanol–water partition coefficient (Wildman–Crippen LogP) is 2.82. The van der Waals surface area contributed by atoms with Crippen LogP contribution in [-0.2, 0) is 14.4 Å². The van der Waals surface area contributed by atoms with E-state index in [0.29, 0.717) is 16.5 Å². The topological polar surface area (TPSA) is 87.7 Å². The molecule has 0 spiro atoms. The SMILES string of the molecule is O=C(COc1ccc2ccccc2c1)NNC1CC(=O)N(c2ccc(Cl)cc2)C1=O. The number of nitrogens with zero attached hydrogens (tertiary/aromatic N) is 1. The number of imide groups is 1. The molecule has 0 aromatic heterocycles. The highest BCUT2D eigenvalue weighted by atomic mass is 35.5. The van der Waals surface area contributed by atoms with Gasteiger partial charge in [0, 0.05) is 5.02 Å². The Labute approximate surface area is 177 Å². The van der Waals surface area contributed by atoms with Crippen LogP contribution in [0.15, 0.2) is 66.7 Å². The quantitative estimate of drug-likeness (QED) is 0.470. The lowest BCUT2D eigenvalue weighted by Gasteiger charge is -2.16. The first kappa shape index (κ1) is 19.9. The molecule has 152 valence electrons. The van der Waals surface area contributed by atoms with E-state index in [2.05, 4.69) is 10.9 Å². The number of amides is 3. The van der Waals surface area contributed by atoms with E-state index in [1.165, 1.54) is 0 Å². The smallest absolute Gasteiger partial charge is 0.272 e. The fraction of sp³-hybridized carbons (Fsp3) is 0.136. The Kier molecular flexibility index (Phi) is 5.65. The normalized spacial score (nSPS) is 16.2. The summed E-state index contributed by atoms with van der Waals surface area (Å²) in [6, 6.07) is 18.9. The van der Waals surface area contributed by atoms with Gasteiger partial charge < -0.3 is 4.74 Å². The number of nitrogens with one attached hydrogen (secondary N) is 2. The maximum Gasteiger partial charge on any atom is 0.272 e. The zero-order chi connectivity index (χ0) is 21.1. The molecule has 7 nitrogen and oxygen atoms in total. The minimum Gasteiger partial charge on any atom is -0.484 e. The van der Waals surface area contributed by atoms with Gasteiger partial charge in [-0.05, 0) is 47.2 Å². The lowest BCUT2D eigenvalue weighted by Crippen LogP contribution is -2.49. The van der Waals surface area contributed by atoms with E-state index in [4.69, 9.17) is 16.3 Å². The standard InChI is InChI=1S/C22H18ClN3O4/c23-16-6-8-17(9-7-16)26-21(28)12-19(22(26)29)24-25-20(27)13-30-18-10-5-14-3-1-2-4-15(14)11-18/h1-11,19,24H,12-13H2,(H,25,27). The summed E-state index contributed by atoms with van der Waals surface area (Å²) in [5.41, 5.74) is 5.49. The van der Waals surface area contributed by atoms with Crippen molar-refractivity contribution in [2.75, 3.05) is 11.5 Å². The molecule has 4 rings (SSSR count). The van der Waals surface area contributed by atoms with Crippen molar-refractivity contribution in [1.82, 2.24) is 10.9 Å². The maximum atomic E-state index is 12.5. The van der Waals surface area contributed by atoms with Crippen molar-refractivity contribution >= 4 is 45.8 Å². The van der Waals surface area contributed by atoms with Crippen LogP contribution in [0.1, 0.15) is 6.42 Å². The van der Waals surface area contributed by atoms with E-state index in [-0.39, 0.29) is 18.9 Å². The van der Waals surface area contributed by atoms with E-state index in [1.807, 2.05) is 36.4 Å². The van der Waals surface area contributed by atoms with Crippen LogP contribution in [0.2, 0.25) is 5.02 Å². The summed E-state index contributed by atoms with van der Waals surface area (Å²) in [6.45, 7) is -0.235. The molecule has 1 aliphatic heterocycles. The molecule has 1 saturated heterocycles. The Hall–Kier alpha value is -3.42. The summed E-state index contributed by atoms with van der Waals surface area (Å²) < 4.78 is 5.51. The first-order valence-corrected chi connectivity index (χ1v) is 9.67. The first-order valence-electron chi connectivity index (χ1n) is 9.29. The third kappa shape index (κ3) is 4.27. The molecule has 8 heteroatoms. The van der Waals surface area contributed by atoms with Crippen molar-refractivity contribution < 1.29 is 19.1 Å². The second kappa shape index (κ2) is 8.52. The molecular formula is C22H18ClN3O4. The van der Waals surface area contributed by atoms with Crippen LogP contribution in [0.25, 0.3) is 10.8 Å². The fourth-order valence-corrected chi connectivity index (χ4v) is 3.34. The van der Waals surface area contributed by atoms with Crippen molar-refractivity contribution in [3.05, 3.63) is 71.8 Å². The Bertz CT molecular complexity index is 1120. The van der Waals surface area contributed by atoms with E-state index < -0.39 is 17.9 Å². The van der Waals surface area contributed by atoms with Crippen LogP contribution in [0.4, 0.5) is 5.69 Å². The van der Waals surface area contributed by atoms with E-state index in [1.54, 1.807) is 30.3 Å². The van der Waals surface area contributed by atoms with Crippen LogP contribution in [0.5, 0.6) is 5.75 Å². The van der Waals surface area contributed by atoms with Crippen LogP contribution in [0, 0.1) is 0 Å². The number of hydrazine groups is 1. The summed E-state index contributed by atoms with van der Waals surface area (Å²) in [7, 11) is 0. The highest BCUT2D eigenvalue weighted by molar-refractivity contribution is 6.30. The van der Waals surface area contributed by atoms with Crippen molar-refractivity contribution in [3.8, 4) is 5.75 Å². The molecule has 3 aromatic carbocycles. The van der Waals surface area contributed by atoms with Gasteiger partial charge in [0.05, 0.1) is 12.1 Å². The van der Waals surface area contributed by atoms with Gasteiger partial charge in [-0.1, -0.05) is 41.9 Å². The highest BCUT2D eigenvalue weighted by Gasteiger charge is 2.39. The fourth-order valence-electron chi connectivity index (χ4n) is 3.22. The highest BCUT2D eigenvalue weighted by Crippen LogP contribution is 2.24. The van der Waals surface area contributed by atoms with Crippen LogP contribution in [-0.4, -0.2) is 30.4 Å². The average molecular weight is 424 g/mol.